The topological polar surface area (TPSA) is 31.6 Å². The fourth-order valence-electron chi connectivity index (χ4n) is 2.51. The lowest BCUT2D eigenvalue weighted by Crippen LogP contribution is -2.06. The highest BCUT2D eigenvalue weighted by molar-refractivity contribution is 6.30. The Kier molecular flexibility index (Phi) is 3.18. The van der Waals surface area contributed by atoms with E-state index in [1.54, 1.807) is 0 Å². The molecule has 1 aromatic carbocycles. The van der Waals surface area contributed by atoms with Crippen molar-refractivity contribution in [3.05, 3.63) is 82.4 Å². The molecule has 0 aliphatic carbocycles. The number of hydrogen-bond donors (Lipinski definition) is 2. The van der Waals surface area contributed by atoms with E-state index < -0.39 is 0 Å². The summed E-state index contributed by atoms with van der Waals surface area (Å²) in [6.07, 6.45) is 3.91. The third kappa shape index (κ3) is 2.32. The maximum absolute atomic E-state index is 6.06. The predicted octanol–water partition coefficient (Wildman–Crippen LogP) is 4.48. The van der Waals surface area contributed by atoms with Gasteiger partial charge < -0.3 is 9.97 Å². The minimum absolute atomic E-state index is 0.183. The molecule has 96 valence electrons. The summed E-state index contributed by atoms with van der Waals surface area (Å²) >= 11 is 6.06. The highest BCUT2D eigenvalue weighted by atomic mass is 35.5. The lowest BCUT2D eigenvalue weighted by atomic mass is 9.89. The van der Waals surface area contributed by atoms with Gasteiger partial charge in [-0.25, -0.2) is 0 Å². The van der Waals surface area contributed by atoms with Crippen LogP contribution in [0.4, 0.5) is 0 Å². The van der Waals surface area contributed by atoms with Crippen LogP contribution in [0.2, 0.25) is 5.02 Å². The first-order valence-electron chi connectivity index (χ1n) is 6.28. The zero-order chi connectivity index (χ0) is 13.2. The third-order valence-electron chi connectivity index (χ3n) is 3.41. The Labute approximate surface area is 117 Å². The van der Waals surface area contributed by atoms with Crippen LogP contribution in [0.1, 0.15) is 28.4 Å². The largest absolute Gasteiger partial charge is 0.364 e. The van der Waals surface area contributed by atoms with Crippen LogP contribution in [0.15, 0.2) is 54.9 Å². The van der Waals surface area contributed by atoms with E-state index >= 15 is 0 Å². The molecule has 0 aliphatic heterocycles. The molecule has 0 fully saturated rings. The highest BCUT2D eigenvalue weighted by Gasteiger charge is 2.20. The van der Waals surface area contributed by atoms with E-state index in [2.05, 4.69) is 35.1 Å². The van der Waals surface area contributed by atoms with Crippen molar-refractivity contribution >= 4 is 11.6 Å². The quantitative estimate of drug-likeness (QED) is 0.703. The maximum Gasteiger partial charge on any atom is 0.0643 e. The second kappa shape index (κ2) is 4.98. The first-order valence-corrected chi connectivity index (χ1v) is 6.66. The molecule has 0 aliphatic rings. The molecule has 19 heavy (non-hydrogen) atoms. The Morgan fingerprint density at radius 2 is 1.58 bits per heavy atom. The van der Waals surface area contributed by atoms with Gasteiger partial charge in [0.1, 0.15) is 0 Å². The van der Waals surface area contributed by atoms with Gasteiger partial charge in [0.2, 0.25) is 0 Å². The van der Waals surface area contributed by atoms with E-state index in [1.165, 1.54) is 22.5 Å². The molecule has 2 aromatic heterocycles. The zero-order valence-corrected chi connectivity index (χ0v) is 11.4. The number of aryl methyl sites for hydroxylation is 1. The summed E-state index contributed by atoms with van der Waals surface area (Å²) in [7, 11) is 0. The molecule has 0 atom stereocenters. The van der Waals surface area contributed by atoms with Crippen LogP contribution in [0.3, 0.4) is 0 Å². The van der Waals surface area contributed by atoms with Crippen molar-refractivity contribution in [2.75, 3.05) is 0 Å². The van der Waals surface area contributed by atoms with Gasteiger partial charge in [-0.15, -0.1) is 0 Å². The third-order valence-corrected chi connectivity index (χ3v) is 3.64. The number of hydrogen-bond acceptors (Lipinski definition) is 0. The first kappa shape index (κ1) is 12.1. The Balaban J connectivity index is 2.14. The van der Waals surface area contributed by atoms with Gasteiger partial charge >= 0.3 is 0 Å². The predicted molar refractivity (Wildman–Crippen MR) is 78.7 cm³/mol. The normalized spacial score (nSPS) is 11.1. The second-order valence-corrected chi connectivity index (χ2v) is 5.12. The summed E-state index contributed by atoms with van der Waals surface area (Å²) in [6.45, 7) is 2.10. The summed E-state index contributed by atoms with van der Waals surface area (Å²) in [5, 5.41) is 0.776. The highest BCUT2D eigenvalue weighted by Crippen LogP contribution is 2.32. The monoisotopic (exact) mass is 270 g/mol. The smallest absolute Gasteiger partial charge is 0.0643 e. The maximum atomic E-state index is 6.06. The molecular weight excluding hydrogens is 256 g/mol. The first-order chi connectivity index (χ1) is 9.25. The standard InChI is InChI=1S/C16H15ClN2/c1-11-10-12(17)6-7-13(11)16(14-4-2-8-18-14)15-5-3-9-19-15/h2-10,16,18-19H,1H3. The summed E-state index contributed by atoms with van der Waals surface area (Å²) in [5.41, 5.74) is 4.80. The van der Waals surface area contributed by atoms with Crippen LogP contribution in [0.25, 0.3) is 0 Å². The summed E-state index contributed by atoms with van der Waals surface area (Å²) in [5.74, 6) is 0.183. The van der Waals surface area contributed by atoms with Gasteiger partial charge in [0.25, 0.3) is 0 Å². The lowest BCUT2D eigenvalue weighted by Gasteiger charge is -2.18. The average Bonchev–Trinajstić information content (AvgIpc) is 3.06. The molecule has 3 rings (SSSR count). The molecule has 2 nitrogen and oxygen atoms in total. The van der Waals surface area contributed by atoms with Gasteiger partial charge in [-0.3, -0.25) is 0 Å². The minimum atomic E-state index is 0.183. The molecule has 0 spiro atoms. The van der Waals surface area contributed by atoms with E-state index in [0.717, 1.165) is 5.02 Å². The molecule has 0 saturated carbocycles. The fraction of sp³-hybridized carbons (Fsp3) is 0.125. The number of benzene rings is 1. The van der Waals surface area contributed by atoms with E-state index in [1.807, 2.05) is 36.7 Å². The average molecular weight is 271 g/mol. The summed E-state index contributed by atoms with van der Waals surface area (Å²) in [6, 6.07) is 14.3. The summed E-state index contributed by atoms with van der Waals surface area (Å²) < 4.78 is 0. The second-order valence-electron chi connectivity index (χ2n) is 4.68. The van der Waals surface area contributed by atoms with Crippen LogP contribution in [0, 0.1) is 6.92 Å². The Morgan fingerprint density at radius 1 is 0.947 bits per heavy atom. The van der Waals surface area contributed by atoms with Crippen molar-refractivity contribution in [3.63, 3.8) is 0 Å². The Bertz CT molecular complexity index is 620. The van der Waals surface area contributed by atoms with Crippen molar-refractivity contribution < 1.29 is 0 Å². The molecule has 0 radical (unpaired) electrons. The van der Waals surface area contributed by atoms with E-state index in [4.69, 9.17) is 11.6 Å². The van der Waals surface area contributed by atoms with Crippen LogP contribution in [0.5, 0.6) is 0 Å². The summed E-state index contributed by atoms with van der Waals surface area (Å²) in [4.78, 5) is 6.63. The molecule has 2 heterocycles. The molecule has 0 amide bonds. The Morgan fingerprint density at radius 3 is 2.05 bits per heavy atom. The molecule has 0 unspecified atom stereocenters. The minimum Gasteiger partial charge on any atom is -0.364 e. The van der Waals surface area contributed by atoms with Crippen molar-refractivity contribution in [2.24, 2.45) is 0 Å². The van der Waals surface area contributed by atoms with E-state index in [-0.39, 0.29) is 5.92 Å². The molecule has 3 heteroatoms. The number of aromatic amines is 2. The van der Waals surface area contributed by atoms with Crippen molar-refractivity contribution in [1.29, 1.82) is 0 Å². The number of aromatic nitrogens is 2. The SMILES string of the molecule is Cc1cc(Cl)ccc1C(c1ccc[nH]1)c1ccc[nH]1. The van der Waals surface area contributed by atoms with Crippen molar-refractivity contribution in [2.45, 2.75) is 12.8 Å². The van der Waals surface area contributed by atoms with Crippen LogP contribution in [-0.4, -0.2) is 9.97 Å². The lowest BCUT2D eigenvalue weighted by molar-refractivity contribution is 0.888. The molecule has 2 N–H and O–H groups in total. The van der Waals surface area contributed by atoms with E-state index in [0.29, 0.717) is 0 Å². The van der Waals surface area contributed by atoms with E-state index in [9.17, 15) is 0 Å². The van der Waals surface area contributed by atoms with Gasteiger partial charge in [0.05, 0.1) is 5.92 Å². The van der Waals surface area contributed by atoms with Gasteiger partial charge in [-0.05, 0) is 54.4 Å². The van der Waals surface area contributed by atoms with Crippen LogP contribution >= 0.6 is 11.6 Å². The Hall–Kier alpha value is -1.93. The van der Waals surface area contributed by atoms with Gasteiger partial charge in [-0.1, -0.05) is 17.7 Å². The number of halogens is 1. The fourth-order valence-corrected chi connectivity index (χ4v) is 2.74. The molecular formula is C16H15ClN2. The number of rotatable bonds is 3. The van der Waals surface area contributed by atoms with Crippen LogP contribution in [-0.2, 0) is 0 Å². The number of H-pyrrole nitrogens is 2. The molecule has 3 aromatic rings. The van der Waals surface area contributed by atoms with Gasteiger partial charge in [-0.2, -0.15) is 0 Å². The molecule has 0 bridgehead atoms. The van der Waals surface area contributed by atoms with Gasteiger partial charge in [0, 0.05) is 28.8 Å². The van der Waals surface area contributed by atoms with Crippen LogP contribution < -0.4 is 0 Å². The zero-order valence-electron chi connectivity index (χ0n) is 10.7. The van der Waals surface area contributed by atoms with Gasteiger partial charge in [0.15, 0.2) is 0 Å². The molecule has 0 saturated heterocycles. The van der Waals surface area contributed by atoms with Crippen molar-refractivity contribution in [3.8, 4) is 0 Å². The van der Waals surface area contributed by atoms with Crippen molar-refractivity contribution in [1.82, 2.24) is 9.97 Å². The number of nitrogens with one attached hydrogen (secondary N) is 2.